The standard InChI is InChI=1S/C18H23FN4O2/c1-25-18(19)9-3-2-4-16(18)22-17(24)21-14-5-7-15(8-6-14)23-12-10-20-11-13-23/h2-9,16,20H,10-13H2,1H3,(H2,21,22,24). The monoisotopic (exact) mass is 346 g/mol. The van der Waals surface area contributed by atoms with E-state index in [1.165, 1.54) is 13.2 Å². The van der Waals surface area contributed by atoms with Crippen LogP contribution in [0.15, 0.2) is 48.6 Å². The van der Waals surface area contributed by atoms with E-state index < -0.39 is 17.9 Å². The fraction of sp³-hybridized carbons (Fsp3) is 0.389. The van der Waals surface area contributed by atoms with Crippen molar-refractivity contribution < 1.29 is 13.9 Å². The first-order valence-electron chi connectivity index (χ1n) is 8.34. The van der Waals surface area contributed by atoms with E-state index in [4.69, 9.17) is 4.74 Å². The predicted octanol–water partition coefficient (Wildman–Crippen LogP) is 2.02. The third kappa shape index (κ3) is 4.18. The first-order valence-corrected chi connectivity index (χ1v) is 8.34. The van der Waals surface area contributed by atoms with Crippen LogP contribution in [0.2, 0.25) is 0 Å². The molecule has 3 rings (SSSR count). The summed E-state index contributed by atoms with van der Waals surface area (Å²) in [5.41, 5.74) is 1.77. The minimum Gasteiger partial charge on any atom is -0.369 e. The number of piperazine rings is 1. The fourth-order valence-electron chi connectivity index (χ4n) is 2.93. The van der Waals surface area contributed by atoms with Crippen molar-refractivity contribution in [3.63, 3.8) is 0 Å². The van der Waals surface area contributed by atoms with E-state index in [2.05, 4.69) is 20.9 Å². The molecule has 2 atom stereocenters. The number of hydrogen-bond acceptors (Lipinski definition) is 4. The van der Waals surface area contributed by atoms with Crippen LogP contribution in [0.5, 0.6) is 0 Å². The summed E-state index contributed by atoms with van der Waals surface area (Å²) < 4.78 is 19.4. The first kappa shape index (κ1) is 17.4. The summed E-state index contributed by atoms with van der Waals surface area (Å²) in [7, 11) is 1.27. The summed E-state index contributed by atoms with van der Waals surface area (Å²) in [5.74, 6) is -2.04. The SMILES string of the molecule is COC1(F)C=CC=CC1NC(=O)Nc1ccc(N2CCNCC2)cc1. The Bertz CT molecular complexity index is 656. The Labute approximate surface area is 146 Å². The molecule has 1 aliphatic carbocycles. The second-order valence-corrected chi connectivity index (χ2v) is 6.01. The van der Waals surface area contributed by atoms with Gasteiger partial charge >= 0.3 is 6.03 Å². The van der Waals surface area contributed by atoms with Crippen LogP contribution in [0.4, 0.5) is 20.6 Å². The minimum atomic E-state index is -2.04. The number of carbonyl (C=O) groups is 1. The van der Waals surface area contributed by atoms with Crippen molar-refractivity contribution in [1.82, 2.24) is 10.6 Å². The highest BCUT2D eigenvalue weighted by Crippen LogP contribution is 2.24. The van der Waals surface area contributed by atoms with Crippen molar-refractivity contribution >= 4 is 17.4 Å². The van der Waals surface area contributed by atoms with Crippen LogP contribution in [-0.2, 0) is 4.74 Å². The average molecular weight is 346 g/mol. The van der Waals surface area contributed by atoms with Crippen LogP contribution in [0.1, 0.15) is 0 Å². The van der Waals surface area contributed by atoms with Gasteiger partial charge in [-0.25, -0.2) is 9.18 Å². The number of methoxy groups -OCH3 is 1. The van der Waals surface area contributed by atoms with Crippen molar-refractivity contribution in [3.8, 4) is 0 Å². The summed E-state index contributed by atoms with van der Waals surface area (Å²) in [5, 5.41) is 8.61. The summed E-state index contributed by atoms with van der Waals surface area (Å²) in [6.07, 6.45) is 6.05. The van der Waals surface area contributed by atoms with Gasteiger partial charge in [0.15, 0.2) is 0 Å². The normalized spacial score (nSPS) is 25.7. The number of allylic oxidation sites excluding steroid dienone is 2. The largest absolute Gasteiger partial charge is 0.369 e. The Morgan fingerprint density at radius 3 is 2.68 bits per heavy atom. The summed E-state index contributed by atoms with van der Waals surface area (Å²) in [6, 6.07) is 6.25. The van der Waals surface area contributed by atoms with Gasteiger partial charge in [0.05, 0.1) is 0 Å². The van der Waals surface area contributed by atoms with Crippen molar-refractivity contribution in [1.29, 1.82) is 0 Å². The molecule has 1 fully saturated rings. The number of benzene rings is 1. The summed E-state index contributed by atoms with van der Waals surface area (Å²) in [4.78, 5) is 14.4. The number of amides is 2. The quantitative estimate of drug-likeness (QED) is 0.780. The van der Waals surface area contributed by atoms with Gasteiger partial charge in [0.25, 0.3) is 5.85 Å². The highest BCUT2D eigenvalue weighted by Gasteiger charge is 2.37. The Morgan fingerprint density at radius 2 is 2.00 bits per heavy atom. The molecule has 25 heavy (non-hydrogen) atoms. The van der Waals surface area contributed by atoms with Gasteiger partial charge in [-0.05, 0) is 30.3 Å². The number of alkyl halides is 1. The second kappa shape index (κ2) is 7.67. The molecule has 2 amide bonds. The van der Waals surface area contributed by atoms with Crippen LogP contribution in [-0.4, -0.2) is 51.2 Å². The molecule has 2 aliphatic rings. The average Bonchev–Trinajstić information content (AvgIpc) is 2.65. The van der Waals surface area contributed by atoms with Crippen LogP contribution in [0, 0.1) is 0 Å². The van der Waals surface area contributed by atoms with Crippen LogP contribution < -0.4 is 20.9 Å². The zero-order valence-corrected chi connectivity index (χ0v) is 14.2. The number of anilines is 2. The van der Waals surface area contributed by atoms with Crippen LogP contribution >= 0.6 is 0 Å². The van der Waals surface area contributed by atoms with Crippen molar-refractivity contribution in [2.45, 2.75) is 11.9 Å². The highest BCUT2D eigenvalue weighted by atomic mass is 19.2. The molecule has 1 aliphatic heterocycles. The van der Waals surface area contributed by atoms with E-state index in [0.29, 0.717) is 5.69 Å². The Kier molecular flexibility index (Phi) is 5.35. The maximum absolute atomic E-state index is 14.5. The van der Waals surface area contributed by atoms with E-state index in [-0.39, 0.29) is 0 Å². The molecule has 7 heteroatoms. The summed E-state index contributed by atoms with van der Waals surface area (Å²) in [6.45, 7) is 3.86. The van der Waals surface area contributed by atoms with Gasteiger partial charge in [0.2, 0.25) is 0 Å². The number of hydrogen-bond donors (Lipinski definition) is 3. The number of nitrogens with one attached hydrogen (secondary N) is 3. The second-order valence-electron chi connectivity index (χ2n) is 6.01. The predicted molar refractivity (Wildman–Crippen MR) is 96.6 cm³/mol. The van der Waals surface area contributed by atoms with Crippen LogP contribution in [0.25, 0.3) is 0 Å². The Hall–Kier alpha value is -2.38. The maximum atomic E-state index is 14.5. The summed E-state index contributed by atoms with van der Waals surface area (Å²) >= 11 is 0. The number of carbonyl (C=O) groups excluding carboxylic acids is 1. The van der Waals surface area contributed by atoms with Gasteiger partial charge in [-0.2, -0.15) is 0 Å². The van der Waals surface area contributed by atoms with Gasteiger partial charge in [-0.3, -0.25) is 0 Å². The minimum absolute atomic E-state index is 0.487. The molecule has 3 N–H and O–H groups in total. The molecule has 134 valence electrons. The number of ether oxygens (including phenoxy) is 1. The highest BCUT2D eigenvalue weighted by molar-refractivity contribution is 5.90. The maximum Gasteiger partial charge on any atom is 0.319 e. The molecular formula is C18H23FN4O2. The third-order valence-electron chi connectivity index (χ3n) is 4.37. The van der Waals surface area contributed by atoms with Crippen molar-refractivity contribution in [2.75, 3.05) is 43.5 Å². The lowest BCUT2D eigenvalue weighted by atomic mass is 10.0. The molecule has 1 heterocycles. The zero-order valence-electron chi connectivity index (χ0n) is 14.2. The van der Waals surface area contributed by atoms with Crippen LogP contribution in [0.3, 0.4) is 0 Å². The van der Waals surface area contributed by atoms with E-state index in [9.17, 15) is 9.18 Å². The van der Waals surface area contributed by atoms with E-state index >= 15 is 0 Å². The Morgan fingerprint density at radius 1 is 1.28 bits per heavy atom. The molecule has 0 radical (unpaired) electrons. The Balaban J connectivity index is 1.57. The molecular weight excluding hydrogens is 323 g/mol. The number of urea groups is 1. The van der Waals surface area contributed by atoms with E-state index in [1.54, 1.807) is 18.2 Å². The molecule has 0 bridgehead atoms. The van der Waals surface area contributed by atoms with Gasteiger partial charge < -0.3 is 25.6 Å². The number of rotatable bonds is 4. The van der Waals surface area contributed by atoms with Gasteiger partial charge in [0.1, 0.15) is 6.04 Å². The lowest BCUT2D eigenvalue weighted by Crippen LogP contribution is -2.51. The van der Waals surface area contributed by atoms with Gasteiger partial charge in [0, 0.05) is 44.7 Å². The van der Waals surface area contributed by atoms with E-state index in [1.807, 2.05) is 24.3 Å². The molecule has 2 unspecified atom stereocenters. The lowest BCUT2D eigenvalue weighted by molar-refractivity contribution is -0.0926. The molecule has 1 aromatic carbocycles. The molecule has 0 spiro atoms. The van der Waals surface area contributed by atoms with Gasteiger partial charge in [-0.15, -0.1) is 0 Å². The molecule has 6 nitrogen and oxygen atoms in total. The lowest BCUT2D eigenvalue weighted by Gasteiger charge is -2.30. The first-order chi connectivity index (χ1) is 12.1. The van der Waals surface area contributed by atoms with E-state index in [0.717, 1.165) is 31.9 Å². The molecule has 1 saturated heterocycles. The number of halogens is 1. The topological polar surface area (TPSA) is 65.6 Å². The zero-order chi connectivity index (χ0) is 17.7. The number of nitrogens with zero attached hydrogens (tertiary/aromatic N) is 1. The molecule has 1 aromatic rings. The smallest absolute Gasteiger partial charge is 0.319 e. The molecule has 0 saturated carbocycles. The molecule has 0 aromatic heterocycles. The fourth-order valence-corrected chi connectivity index (χ4v) is 2.93. The third-order valence-corrected chi connectivity index (χ3v) is 4.37. The van der Waals surface area contributed by atoms with Gasteiger partial charge in [-0.1, -0.05) is 18.2 Å². The van der Waals surface area contributed by atoms with Crippen molar-refractivity contribution in [3.05, 3.63) is 48.6 Å². The van der Waals surface area contributed by atoms with Crippen molar-refractivity contribution in [2.24, 2.45) is 0 Å².